The highest BCUT2D eigenvalue weighted by atomic mass is 32.1. The van der Waals surface area contributed by atoms with Gasteiger partial charge in [-0.1, -0.05) is 35.6 Å². The average molecular weight is 275 g/mol. The summed E-state index contributed by atoms with van der Waals surface area (Å²) in [6, 6.07) is 18.0. The number of benzene rings is 2. The van der Waals surface area contributed by atoms with Gasteiger partial charge >= 0.3 is 0 Å². The highest BCUT2D eigenvalue weighted by molar-refractivity contribution is 7.23. The summed E-state index contributed by atoms with van der Waals surface area (Å²) < 4.78 is 3.33. The molecule has 0 saturated carbocycles. The van der Waals surface area contributed by atoms with Gasteiger partial charge in [0.25, 0.3) is 0 Å². The minimum absolute atomic E-state index is 0.656. The summed E-state index contributed by atoms with van der Waals surface area (Å²) in [5.74, 6) is 0. The number of nitrogens with zero attached hydrogens (tertiary/aromatic N) is 3. The number of thiazole rings is 1. The summed E-state index contributed by atoms with van der Waals surface area (Å²) in [5.41, 5.74) is 3.70. The first kappa shape index (κ1) is 11.2. The SMILES string of the molecule is N#Cc1cccc(-c2cn3c(n2)sc2ccccc23)c1. The van der Waals surface area contributed by atoms with Crippen LogP contribution in [0.3, 0.4) is 0 Å². The number of hydrogen-bond donors (Lipinski definition) is 0. The molecule has 0 N–H and O–H groups in total. The molecule has 2 heterocycles. The lowest BCUT2D eigenvalue weighted by molar-refractivity contribution is 1.30. The average Bonchev–Trinajstić information content (AvgIpc) is 3.05. The predicted octanol–water partition coefficient (Wildman–Crippen LogP) is 4.09. The van der Waals surface area contributed by atoms with Crippen LogP contribution in [-0.2, 0) is 0 Å². The third kappa shape index (κ3) is 1.61. The second kappa shape index (κ2) is 4.19. The molecule has 94 valence electrons. The number of aromatic nitrogens is 2. The molecule has 3 nitrogen and oxygen atoms in total. The van der Waals surface area contributed by atoms with Crippen molar-refractivity contribution in [3.05, 3.63) is 60.3 Å². The molecule has 2 aromatic carbocycles. The van der Waals surface area contributed by atoms with E-state index in [1.807, 2.05) is 36.5 Å². The van der Waals surface area contributed by atoms with Crippen molar-refractivity contribution < 1.29 is 0 Å². The van der Waals surface area contributed by atoms with Crippen LogP contribution in [0.15, 0.2) is 54.7 Å². The first-order valence-electron chi connectivity index (χ1n) is 6.22. The maximum Gasteiger partial charge on any atom is 0.195 e. The van der Waals surface area contributed by atoms with Gasteiger partial charge in [-0.3, -0.25) is 4.40 Å². The molecule has 0 atom stereocenters. The van der Waals surface area contributed by atoms with E-state index in [0.29, 0.717) is 5.56 Å². The molecule has 0 saturated heterocycles. The van der Waals surface area contributed by atoms with E-state index in [1.54, 1.807) is 17.4 Å². The Bertz CT molecular complexity index is 972. The van der Waals surface area contributed by atoms with E-state index in [-0.39, 0.29) is 0 Å². The second-order valence-electron chi connectivity index (χ2n) is 4.54. The highest BCUT2D eigenvalue weighted by Crippen LogP contribution is 2.29. The van der Waals surface area contributed by atoms with Gasteiger partial charge in [0.2, 0.25) is 0 Å². The van der Waals surface area contributed by atoms with Gasteiger partial charge in [0.05, 0.1) is 27.5 Å². The molecule has 4 heteroatoms. The molecule has 0 unspecified atom stereocenters. The Balaban J connectivity index is 1.95. The van der Waals surface area contributed by atoms with Crippen molar-refractivity contribution in [3.63, 3.8) is 0 Å². The Kier molecular flexibility index (Phi) is 2.35. The number of hydrogen-bond acceptors (Lipinski definition) is 3. The lowest BCUT2D eigenvalue weighted by Crippen LogP contribution is -1.80. The van der Waals surface area contributed by atoms with Crippen LogP contribution in [0.4, 0.5) is 0 Å². The van der Waals surface area contributed by atoms with Crippen LogP contribution in [0.2, 0.25) is 0 Å². The van der Waals surface area contributed by atoms with E-state index in [0.717, 1.165) is 16.2 Å². The Morgan fingerprint density at radius 3 is 2.90 bits per heavy atom. The van der Waals surface area contributed by atoms with Crippen molar-refractivity contribution >= 4 is 26.5 Å². The standard InChI is InChI=1S/C16H9N3S/c17-9-11-4-3-5-12(8-11)13-10-19-14-6-1-2-7-15(14)20-16(19)18-13/h1-8,10H. The molecule has 4 aromatic rings. The van der Waals surface area contributed by atoms with Crippen molar-refractivity contribution in [3.8, 4) is 17.3 Å². The molecule has 20 heavy (non-hydrogen) atoms. The molecular weight excluding hydrogens is 266 g/mol. The molecule has 0 bridgehead atoms. The minimum Gasteiger partial charge on any atom is -0.290 e. The van der Waals surface area contributed by atoms with Crippen molar-refractivity contribution in [2.24, 2.45) is 0 Å². The second-order valence-corrected chi connectivity index (χ2v) is 5.55. The van der Waals surface area contributed by atoms with Crippen molar-refractivity contribution in [2.45, 2.75) is 0 Å². The number of para-hydroxylation sites is 1. The van der Waals surface area contributed by atoms with Crippen molar-refractivity contribution in [1.29, 1.82) is 5.26 Å². The van der Waals surface area contributed by atoms with Gasteiger partial charge in [-0.15, -0.1) is 0 Å². The molecule has 0 aliphatic carbocycles. The van der Waals surface area contributed by atoms with Crippen LogP contribution < -0.4 is 0 Å². The van der Waals surface area contributed by atoms with Gasteiger partial charge in [-0.05, 0) is 24.3 Å². The van der Waals surface area contributed by atoms with Gasteiger partial charge in [0.15, 0.2) is 4.96 Å². The molecule has 0 aliphatic rings. The summed E-state index contributed by atoms with van der Waals surface area (Å²) in [4.78, 5) is 5.64. The summed E-state index contributed by atoms with van der Waals surface area (Å²) in [6.45, 7) is 0. The molecule has 0 radical (unpaired) electrons. The van der Waals surface area contributed by atoms with E-state index in [2.05, 4.69) is 27.6 Å². The van der Waals surface area contributed by atoms with E-state index in [9.17, 15) is 0 Å². The Hall–Kier alpha value is -2.64. The van der Waals surface area contributed by atoms with Gasteiger partial charge in [-0.25, -0.2) is 4.98 Å². The number of nitriles is 1. The molecule has 2 aromatic heterocycles. The zero-order valence-electron chi connectivity index (χ0n) is 10.4. The fourth-order valence-corrected chi connectivity index (χ4v) is 3.34. The summed E-state index contributed by atoms with van der Waals surface area (Å²) in [7, 11) is 0. The third-order valence-corrected chi connectivity index (χ3v) is 4.32. The van der Waals surface area contributed by atoms with E-state index in [4.69, 9.17) is 5.26 Å². The van der Waals surface area contributed by atoms with E-state index < -0.39 is 0 Å². The molecular formula is C16H9N3S. The lowest BCUT2D eigenvalue weighted by atomic mass is 10.1. The fourth-order valence-electron chi connectivity index (χ4n) is 2.34. The van der Waals surface area contributed by atoms with Gasteiger partial charge in [-0.2, -0.15) is 5.26 Å². The Morgan fingerprint density at radius 2 is 2.00 bits per heavy atom. The highest BCUT2D eigenvalue weighted by Gasteiger charge is 2.09. The summed E-state index contributed by atoms with van der Waals surface area (Å²) >= 11 is 1.67. The predicted molar refractivity (Wildman–Crippen MR) is 80.7 cm³/mol. The lowest BCUT2D eigenvalue weighted by Gasteiger charge is -1.96. The maximum absolute atomic E-state index is 8.98. The normalized spacial score (nSPS) is 10.9. The number of imidazole rings is 1. The molecule has 0 amide bonds. The molecule has 4 rings (SSSR count). The van der Waals surface area contributed by atoms with Crippen LogP contribution in [0.1, 0.15) is 5.56 Å². The van der Waals surface area contributed by atoms with Crippen LogP contribution in [-0.4, -0.2) is 9.38 Å². The first-order valence-corrected chi connectivity index (χ1v) is 7.04. The van der Waals surface area contributed by atoms with Gasteiger partial charge < -0.3 is 0 Å². The van der Waals surface area contributed by atoms with Crippen molar-refractivity contribution in [2.75, 3.05) is 0 Å². The topological polar surface area (TPSA) is 41.1 Å². The van der Waals surface area contributed by atoms with Crippen LogP contribution in [0.25, 0.3) is 26.4 Å². The zero-order chi connectivity index (χ0) is 13.5. The largest absolute Gasteiger partial charge is 0.290 e. The molecule has 0 fully saturated rings. The van der Waals surface area contributed by atoms with Gasteiger partial charge in [0.1, 0.15) is 0 Å². The monoisotopic (exact) mass is 275 g/mol. The molecule has 0 spiro atoms. The minimum atomic E-state index is 0.656. The third-order valence-electron chi connectivity index (χ3n) is 3.29. The fraction of sp³-hybridized carbons (Fsp3) is 0. The van der Waals surface area contributed by atoms with Crippen molar-refractivity contribution in [1.82, 2.24) is 9.38 Å². The van der Waals surface area contributed by atoms with E-state index in [1.165, 1.54) is 10.2 Å². The Labute approximate surface area is 119 Å². The Morgan fingerprint density at radius 1 is 1.10 bits per heavy atom. The van der Waals surface area contributed by atoms with Crippen LogP contribution in [0, 0.1) is 11.3 Å². The zero-order valence-corrected chi connectivity index (χ0v) is 11.3. The number of rotatable bonds is 1. The first-order chi connectivity index (χ1) is 9.85. The van der Waals surface area contributed by atoms with Gasteiger partial charge in [0, 0.05) is 11.8 Å². The smallest absolute Gasteiger partial charge is 0.195 e. The van der Waals surface area contributed by atoms with Crippen LogP contribution in [0.5, 0.6) is 0 Å². The number of fused-ring (bicyclic) bond motifs is 3. The maximum atomic E-state index is 8.98. The van der Waals surface area contributed by atoms with E-state index >= 15 is 0 Å². The molecule has 0 aliphatic heterocycles. The van der Waals surface area contributed by atoms with Crippen LogP contribution >= 0.6 is 11.3 Å². The quantitative estimate of drug-likeness (QED) is 0.525. The summed E-state index contributed by atoms with van der Waals surface area (Å²) in [5, 5.41) is 8.98. The summed E-state index contributed by atoms with van der Waals surface area (Å²) in [6.07, 6.45) is 2.03.